The number of hydrogen-bond acceptors (Lipinski definition) is 7. The second kappa shape index (κ2) is 11.1. The highest BCUT2D eigenvalue weighted by Crippen LogP contribution is 2.37. The molecule has 5 N–H and O–H groups in total. The summed E-state index contributed by atoms with van der Waals surface area (Å²) in [7, 11) is 0. The van der Waals surface area contributed by atoms with Gasteiger partial charge in [-0.15, -0.1) is 16.8 Å². The Kier molecular flexibility index (Phi) is 8.02. The minimum Gasteiger partial charge on any atom is -0.507 e. The number of nitrogens with zero attached hydrogens (tertiary/aromatic N) is 2. The Labute approximate surface area is 187 Å². The van der Waals surface area contributed by atoms with Gasteiger partial charge in [-0.2, -0.15) is 0 Å². The number of nitrogens with one attached hydrogen (secondary N) is 2. The van der Waals surface area contributed by atoms with E-state index in [1.54, 1.807) is 30.3 Å². The number of carbonyl (C=O) groups is 2. The van der Waals surface area contributed by atoms with Crippen molar-refractivity contribution in [2.75, 3.05) is 25.4 Å². The van der Waals surface area contributed by atoms with E-state index in [1.165, 1.54) is 0 Å². The molecule has 1 aliphatic carbocycles. The first-order valence-corrected chi connectivity index (χ1v) is 10.6. The molecule has 3 atom stereocenters. The standard InChI is InChI=1S/C23H29N5O4/c1-2-15(12-26-23(31)18-10-16(18)13-25-14-29)6-5-9-32-21-11-19(27-28-22(21)24)17-7-3-4-8-20(17)30/h2-4,7-8,11,14-16,18,30H,1,5-6,9-10,12-13H2,(H2,24,28)(H,25,29)(H,26,31). The summed E-state index contributed by atoms with van der Waals surface area (Å²) in [5, 5.41) is 23.6. The molecule has 1 heterocycles. The van der Waals surface area contributed by atoms with Gasteiger partial charge in [-0.3, -0.25) is 9.59 Å². The number of rotatable bonds is 13. The van der Waals surface area contributed by atoms with Gasteiger partial charge in [-0.25, -0.2) is 0 Å². The van der Waals surface area contributed by atoms with Crippen molar-refractivity contribution in [1.29, 1.82) is 0 Å². The van der Waals surface area contributed by atoms with Crippen molar-refractivity contribution in [3.05, 3.63) is 43.0 Å². The molecule has 170 valence electrons. The van der Waals surface area contributed by atoms with Gasteiger partial charge in [0.1, 0.15) is 11.4 Å². The SMILES string of the molecule is C=CC(CCCOc1cc(-c2ccccc2O)nnc1N)CNC(=O)C1CC1CNC=O. The Hall–Kier alpha value is -3.62. The fourth-order valence-electron chi connectivity index (χ4n) is 3.51. The maximum absolute atomic E-state index is 12.2. The predicted molar refractivity (Wildman–Crippen MR) is 121 cm³/mol. The molecule has 2 amide bonds. The van der Waals surface area contributed by atoms with Crippen molar-refractivity contribution in [1.82, 2.24) is 20.8 Å². The number of nitrogens with two attached hydrogens (primary N) is 1. The van der Waals surface area contributed by atoms with Gasteiger partial charge < -0.3 is 26.2 Å². The van der Waals surface area contributed by atoms with Gasteiger partial charge in [0.25, 0.3) is 0 Å². The van der Waals surface area contributed by atoms with Crippen LogP contribution in [0.15, 0.2) is 43.0 Å². The molecule has 1 fully saturated rings. The highest BCUT2D eigenvalue weighted by molar-refractivity contribution is 5.81. The van der Waals surface area contributed by atoms with Gasteiger partial charge in [0.2, 0.25) is 12.3 Å². The molecule has 0 spiro atoms. The van der Waals surface area contributed by atoms with Crippen LogP contribution >= 0.6 is 0 Å². The molecule has 0 radical (unpaired) electrons. The van der Waals surface area contributed by atoms with E-state index >= 15 is 0 Å². The number of nitrogen functional groups attached to an aromatic ring is 1. The fourth-order valence-corrected chi connectivity index (χ4v) is 3.51. The molecule has 2 aromatic rings. The molecule has 32 heavy (non-hydrogen) atoms. The van der Waals surface area contributed by atoms with E-state index < -0.39 is 0 Å². The van der Waals surface area contributed by atoms with E-state index in [0.717, 1.165) is 19.3 Å². The lowest BCUT2D eigenvalue weighted by Gasteiger charge is -2.14. The number of amides is 2. The Morgan fingerprint density at radius 3 is 2.94 bits per heavy atom. The largest absolute Gasteiger partial charge is 0.507 e. The molecule has 3 rings (SSSR count). The topological polar surface area (TPSA) is 139 Å². The molecule has 3 unspecified atom stereocenters. The highest BCUT2D eigenvalue weighted by Gasteiger charge is 2.42. The van der Waals surface area contributed by atoms with Crippen LogP contribution in [0.1, 0.15) is 19.3 Å². The first-order valence-electron chi connectivity index (χ1n) is 10.6. The lowest BCUT2D eigenvalue weighted by atomic mass is 10.0. The number of hydrogen-bond donors (Lipinski definition) is 4. The molecular formula is C23H29N5O4. The molecule has 1 aromatic carbocycles. The van der Waals surface area contributed by atoms with Gasteiger partial charge >= 0.3 is 0 Å². The molecule has 1 saturated carbocycles. The van der Waals surface area contributed by atoms with Crippen molar-refractivity contribution < 1.29 is 19.4 Å². The Bertz CT molecular complexity index is 952. The van der Waals surface area contributed by atoms with Crippen molar-refractivity contribution in [3.63, 3.8) is 0 Å². The number of para-hydroxylation sites is 1. The van der Waals surface area contributed by atoms with Crippen LogP contribution in [0.25, 0.3) is 11.3 Å². The third-order valence-electron chi connectivity index (χ3n) is 5.54. The number of aromatic hydroxyl groups is 1. The fraction of sp³-hybridized carbons (Fsp3) is 0.391. The first-order chi connectivity index (χ1) is 15.5. The van der Waals surface area contributed by atoms with Crippen LogP contribution in [0.3, 0.4) is 0 Å². The molecule has 0 bridgehead atoms. The smallest absolute Gasteiger partial charge is 0.223 e. The zero-order chi connectivity index (χ0) is 22.9. The molecule has 9 heteroatoms. The summed E-state index contributed by atoms with van der Waals surface area (Å²) in [5.41, 5.74) is 6.90. The summed E-state index contributed by atoms with van der Waals surface area (Å²) in [6.45, 7) is 5.33. The van der Waals surface area contributed by atoms with Crippen LogP contribution in [0.5, 0.6) is 11.5 Å². The Morgan fingerprint density at radius 1 is 1.38 bits per heavy atom. The number of ether oxygens (including phenoxy) is 1. The van der Waals surface area contributed by atoms with Crippen LogP contribution in [0.2, 0.25) is 0 Å². The van der Waals surface area contributed by atoms with Crippen molar-refractivity contribution in [2.24, 2.45) is 17.8 Å². The lowest BCUT2D eigenvalue weighted by molar-refractivity contribution is -0.122. The summed E-state index contributed by atoms with van der Waals surface area (Å²) < 4.78 is 5.79. The number of phenols is 1. The summed E-state index contributed by atoms with van der Waals surface area (Å²) in [6.07, 6.45) is 4.82. The van der Waals surface area contributed by atoms with E-state index in [2.05, 4.69) is 27.4 Å². The van der Waals surface area contributed by atoms with Crippen LogP contribution < -0.4 is 21.1 Å². The second-order valence-electron chi connectivity index (χ2n) is 7.86. The quantitative estimate of drug-likeness (QED) is 0.212. The van der Waals surface area contributed by atoms with E-state index in [4.69, 9.17) is 10.5 Å². The van der Waals surface area contributed by atoms with Crippen LogP contribution in [-0.4, -0.2) is 47.3 Å². The van der Waals surface area contributed by atoms with Crippen LogP contribution in [0.4, 0.5) is 5.82 Å². The monoisotopic (exact) mass is 439 g/mol. The van der Waals surface area contributed by atoms with Crippen molar-refractivity contribution in [3.8, 4) is 22.8 Å². The number of carbonyl (C=O) groups excluding carboxylic acids is 2. The minimum absolute atomic E-state index is 0.0170. The Balaban J connectivity index is 1.42. The maximum Gasteiger partial charge on any atom is 0.223 e. The van der Waals surface area contributed by atoms with Crippen molar-refractivity contribution >= 4 is 18.1 Å². The number of aromatic nitrogens is 2. The van der Waals surface area contributed by atoms with E-state index in [0.29, 0.717) is 43.1 Å². The van der Waals surface area contributed by atoms with E-state index in [9.17, 15) is 14.7 Å². The normalized spacial score (nSPS) is 17.8. The zero-order valence-corrected chi connectivity index (χ0v) is 17.9. The lowest BCUT2D eigenvalue weighted by Crippen LogP contribution is -2.31. The molecule has 1 aliphatic rings. The molecule has 1 aromatic heterocycles. The zero-order valence-electron chi connectivity index (χ0n) is 17.9. The summed E-state index contributed by atoms with van der Waals surface area (Å²) in [5.74, 6) is 1.06. The van der Waals surface area contributed by atoms with Crippen LogP contribution in [0, 0.1) is 17.8 Å². The molecular weight excluding hydrogens is 410 g/mol. The average Bonchev–Trinajstić information content (AvgIpc) is 3.58. The highest BCUT2D eigenvalue weighted by atomic mass is 16.5. The number of anilines is 1. The third-order valence-corrected chi connectivity index (χ3v) is 5.54. The molecule has 0 saturated heterocycles. The van der Waals surface area contributed by atoms with Gasteiger partial charge in [0.15, 0.2) is 11.6 Å². The molecule has 9 nitrogen and oxygen atoms in total. The summed E-state index contributed by atoms with van der Waals surface area (Å²) >= 11 is 0. The van der Waals surface area contributed by atoms with Crippen LogP contribution in [-0.2, 0) is 9.59 Å². The Morgan fingerprint density at radius 2 is 2.19 bits per heavy atom. The van der Waals surface area contributed by atoms with Gasteiger partial charge in [0, 0.05) is 30.6 Å². The summed E-state index contributed by atoms with van der Waals surface area (Å²) in [6, 6.07) is 8.51. The second-order valence-corrected chi connectivity index (χ2v) is 7.86. The number of benzene rings is 1. The van der Waals surface area contributed by atoms with Gasteiger partial charge in [0.05, 0.1) is 6.61 Å². The molecule has 0 aliphatic heterocycles. The van der Waals surface area contributed by atoms with E-state index in [1.807, 2.05) is 6.08 Å². The van der Waals surface area contributed by atoms with Crippen molar-refractivity contribution in [2.45, 2.75) is 19.3 Å². The maximum atomic E-state index is 12.2. The predicted octanol–water partition coefficient (Wildman–Crippen LogP) is 1.89. The average molecular weight is 440 g/mol. The van der Waals surface area contributed by atoms with E-state index in [-0.39, 0.29) is 35.2 Å². The number of phenolic OH excluding ortho intramolecular Hbond substituents is 1. The van der Waals surface area contributed by atoms with Gasteiger partial charge in [-0.05, 0) is 43.2 Å². The van der Waals surface area contributed by atoms with Gasteiger partial charge in [-0.1, -0.05) is 18.2 Å². The first kappa shape index (κ1) is 23.1. The summed E-state index contributed by atoms with van der Waals surface area (Å²) in [4.78, 5) is 22.5. The third kappa shape index (κ3) is 6.19. The minimum atomic E-state index is -0.0170.